The van der Waals surface area contributed by atoms with Crippen LogP contribution >= 0.6 is 0 Å². The van der Waals surface area contributed by atoms with Crippen LogP contribution in [0.3, 0.4) is 0 Å². The molecule has 3 rings (SSSR count). The van der Waals surface area contributed by atoms with Crippen LogP contribution in [-0.2, 0) is 5.41 Å². The molecule has 2 aromatic rings. The molecule has 1 aliphatic rings. The molecule has 0 fully saturated rings. The molecule has 186 valence electrons. The van der Waals surface area contributed by atoms with Crippen LogP contribution in [0.5, 0.6) is 0 Å². The van der Waals surface area contributed by atoms with Crippen molar-refractivity contribution < 1.29 is 0 Å². The molecule has 0 aromatic heterocycles. The highest BCUT2D eigenvalue weighted by atomic mass is 14.5. The van der Waals surface area contributed by atoms with Crippen LogP contribution in [0, 0.1) is 11.8 Å². The van der Waals surface area contributed by atoms with Gasteiger partial charge in [0.05, 0.1) is 5.41 Å². The minimum absolute atomic E-state index is 0.382. The molecule has 0 bridgehead atoms. The lowest BCUT2D eigenvalue weighted by molar-refractivity contribution is 0.740. The molecule has 0 radical (unpaired) electrons. The third kappa shape index (κ3) is 6.65. The van der Waals surface area contributed by atoms with Crippen LogP contribution in [0.4, 0.5) is 0 Å². The van der Waals surface area contributed by atoms with Crippen LogP contribution in [0.1, 0.15) is 64.7 Å². The quantitative estimate of drug-likeness (QED) is 0.276. The first-order chi connectivity index (χ1) is 17.5. The highest BCUT2D eigenvalue weighted by Gasteiger charge is 2.45. The van der Waals surface area contributed by atoms with Crippen molar-refractivity contribution >= 4 is 5.57 Å². The van der Waals surface area contributed by atoms with Crippen molar-refractivity contribution in [1.29, 1.82) is 0 Å². The van der Waals surface area contributed by atoms with Crippen molar-refractivity contribution in [2.24, 2.45) is 0 Å². The van der Waals surface area contributed by atoms with Gasteiger partial charge in [0.1, 0.15) is 0 Å². The van der Waals surface area contributed by atoms with E-state index in [0.717, 1.165) is 17.6 Å². The summed E-state index contributed by atoms with van der Waals surface area (Å²) in [6.07, 6.45) is 15.5. The molecule has 0 heterocycles. The zero-order chi connectivity index (χ0) is 27.0. The Morgan fingerprint density at radius 2 is 1.64 bits per heavy atom. The number of hydrogen-bond donors (Lipinski definition) is 0. The van der Waals surface area contributed by atoms with Gasteiger partial charge in [-0.15, -0.1) is 5.92 Å². The van der Waals surface area contributed by atoms with E-state index >= 15 is 0 Å². The second-order valence-corrected chi connectivity index (χ2v) is 7.99. The highest BCUT2D eigenvalue weighted by molar-refractivity contribution is 5.91. The second-order valence-electron chi connectivity index (χ2n) is 7.99. The molecule has 1 atom stereocenters. The van der Waals surface area contributed by atoms with Crippen molar-refractivity contribution in [3.63, 3.8) is 0 Å². The summed E-state index contributed by atoms with van der Waals surface area (Å²) in [4.78, 5) is 0. The van der Waals surface area contributed by atoms with E-state index in [1.165, 1.54) is 27.8 Å². The maximum Gasteiger partial charge on any atom is 0.0667 e. The number of benzene rings is 2. The van der Waals surface area contributed by atoms with Crippen LogP contribution in [0.25, 0.3) is 5.57 Å². The Hall–Kier alpha value is -3.82. The second kappa shape index (κ2) is 16.0. The standard InChI is InChI=1S/C25H28.C9H8.C2H6/c1-7-11-16-20(6)25(19(5)14-8-2)23(15-9-3)21(10-4)22-17-12-13-18-24(22)25;1-2-6-9-7-4-3-5-8-9;1-2/h8-18H,2,4,6-7H2,1,3,5H3;3-5,7-8H,1H3;1-2H3/b15-9-,16-11-,19-14+;;. The Kier molecular flexibility index (Phi) is 13.4. The average Bonchev–Trinajstić information content (AvgIpc) is 3.20. The Morgan fingerprint density at radius 3 is 2.19 bits per heavy atom. The molecule has 0 N–H and O–H groups in total. The SMILES string of the molecule is C=C/C=C(\C)C1(C(=C)/C=C\CC)C(/C=C\C)=C(C=C)c2ccccc21.CC.CC#Cc1ccccc1. The fourth-order valence-corrected chi connectivity index (χ4v) is 4.52. The first-order valence-electron chi connectivity index (χ1n) is 12.8. The van der Waals surface area contributed by atoms with Crippen molar-refractivity contribution in [2.75, 3.05) is 0 Å². The van der Waals surface area contributed by atoms with Crippen LogP contribution in [0.15, 0.2) is 134 Å². The lowest BCUT2D eigenvalue weighted by Gasteiger charge is -2.35. The van der Waals surface area contributed by atoms with E-state index in [1.54, 1.807) is 0 Å². The predicted octanol–water partition coefficient (Wildman–Crippen LogP) is 10.2. The van der Waals surface area contributed by atoms with E-state index in [-0.39, 0.29) is 5.41 Å². The lowest BCUT2D eigenvalue weighted by atomic mass is 9.66. The van der Waals surface area contributed by atoms with Gasteiger partial charge in [0.15, 0.2) is 0 Å². The normalized spacial score (nSPS) is 16.2. The van der Waals surface area contributed by atoms with E-state index in [9.17, 15) is 0 Å². The van der Waals surface area contributed by atoms with Gasteiger partial charge in [-0.3, -0.25) is 0 Å². The molecule has 36 heavy (non-hydrogen) atoms. The number of allylic oxidation sites excluding steroid dienone is 11. The number of hydrogen-bond acceptors (Lipinski definition) is 0. The maximum atomic E-state index is 4.49. The van der Waals surface area contributed by atoms with Crippen LogP contribution in [-0.4, -0.2) is 0 Å². The van der Waals surface area contributed by atoms with E-state index < -0.39 is 0 Å². The fourth-order valence-electron chi connectivity index (χ4n) is 4.52. The highest BCUT2D eigenvalue weighted by Crippen LogP contribution is 2.55. The molecular formula is C36H42. The van der Waals surface area contributed by atoms with Crippen molar-refractivity contribution in [3.8, 4) is 11.8 Å². The lowest BCUT2D eigenvalue weighted by Crippen LogP contribution is -2.29. The molecule has 1 aliphatic carbocycles. The summed E-state index contributed by atoms with van der Waals surface area (Å²) in [5.74, 6) is 5.79. The Bertz CT molecular complexity index is 1200. The van der Waals surface area contributed by atoms with Crippen LogP contribution in [0.2, 0.25) is 0 Å². The summed E-state index contributed by atoms with van der Waals surface area (Å²) in [6.45, 7) is 24.7. The number of rotatable bonds is 7. The van der Waals surface area contributed by atoms with Gasteiger partial charge in [0, 0.05) is 5.56 Å². The molecule has 0 saturated carbocycles. The minimum Gasteiger partial charge on any atom is -0.101 e. The van der Waals surface area contributed by atoms with Gasteiger partial charge in [0.2, 0.25) is 0 Å². The topological polar surface area (TPSA) is 0 Å². The molecular weight excluding hydrogens is 432 g/mol. The summed E-state index contributed by atoms with van der Waals surface area (Å²) < 4.78 is 0. The Morgan fingerprint density at radius 1 is 1.00 bits per heavy atom. The van der Waals surface area contributed by atoms with Gasteiger partial charge < -0.3 is 0 Å². The van der Waals surface area contributed by atoms with E-state index in [1.807, 2.05) is 63.3 Å². The van der Waals surface area contributed by atoms with Gasteiger partial charge in [0.25, 0.3) is 0 Å². The monoisotopic (exact) mass is 474 g/mol. The summed E-state index contributed by atoms with van der Waals surface area (Å²) in [5, 5.41) is 0. The van der Waals surface area contributed by atoms with E-state index in [2.05, 4.69) is 107 Å². The minimum atomic E-state index is -0.382. The fraction of sp³-hybridized carbons (Fsp3) is 0.222. The van der Waals surface area contributed by atoms with Gasteiger partial charge in [-0.05, 0) is 67.2 Å². The summed E-state index contributed by atoms with van der Waals surface area (Å²) in [7, 11) is 0. The summed E-state index contributed by atoms with van der Waals surface area (Å²) in [5.41, 5.74) is 7.89. The Balaban J connectivity index is 0.000000491. The van der Waals surface area contributed by atoms with Crippen molar-refractivity contribution in [3.05, 3.63) is 150 Å². The first kappa shape index (κ1) is 30.2. The number of fused-ring (bicyclic) bond motifs is 1. The zero-order valence-corrected chi connectivity index (χ0v) is 23.1. The molecule has 0 saturated heterocycles. The van der Waals surface area contributed by atoms with Crippen molar-refractivity contribution in [1.82, 2.24) is 0 Å². The molecule has 1 unspecified atom stereocenters. The molecule has 0 spiro atoms. The largest absolute Gasteiger partial charge is 0.101 e. The van der Waals surface area contributed by atoms with E-state index in [0.29, 0.717) is 0 Å². The predicted molar refractivity (Wildman–Crippen MR) is 163 cm³/mol. The van der Waals surface area contributed by atoms with Crippen molar-refractivity contribution in [2.45, 2.75) is 53.4 Å². The smallest absolute Gasteiger partial charge is 0.0667 e. The van der Waals surface area contributed by atoms with Gasteiger partial charge in [-0.1, -0.05) is 137 Å². The molecule has 0 aliphatic heterocycles. The first-order valence-corrected chi connectivity index (χ1v) is 12.8. The van der Waals surface area contributed by atoms with Gasteiger partial charge in [-0.25, -0.2) is 0 Å². The van der Waals surface area contributed by atoms with E-state index in [4.69, 9.17) is 0 Å². The Labute approximate surface area is 220 Å². The van der Waals surface area contributed by atoms with Gasteiger partial charge >= 0.3 is 0 Å². The molecule has 0 heteroatoms. The zero-order valence-electron chi connectivity index (χ0n) is 23.1. The maximum absolute atomic E-state index is 4.49. The van der Waals surface area contributed by atoms with Gasteiger partial charge in [-0.2, -0.15) is 0 Å². The summed E-state index contributed by atoms with van der Waals surface area (Å²) >= 11 is 0. The third-order valence-corrected chi connectivity index (χ3v) is 5.89. The average molecular weight is 475 g/mol. The van der Waals surface area contributed by atoms with Crippen LogP contribution < -0.4 is 0 Å². The third-order valence-electron chi connectivity index (χ3n) is 5.89. The molecule has 0 amide bonds. The summed E-state index contributed by atoms with van der Waals surface area (Å²) in [6, 6.07) is 18.5. The molecule has 0 nitrogen and oxygen atoms in total. The molecule has 2 aromatic carbocycles.